The fraction of sp³-hybridized carbons (Fsp3) is 0.222. The minimum absolute atomic E-state index is 0.693. The van der Waals surface area contributed by atoms with E-state index in [1.807, 2.05) is 42.5 Å². The molecule has 0 unspecified atom stereocenters. The molecule has 2 aromatic carbocycles. The van der Waals surface area contributed by atoms with Gasteiger partial charge in [0.05, 0.1) is 11.2 Å². The Hall–Kier alpha value is -1.65. The number of halogens is 2. The van der Waals surface area contributed by atoms with Crippen LogP contribution in [0.2, 0.25) is 5.02 Å². The molecule has 1 aromatic heterocycles. The average Bonchev–Trinajstić information content (AvgIpc) is 2.56. The smallest absolute Gasteiger partial charge is 0.226 e. The van der Waals surface area contributed by atoms with Crippen LogP contribution in [0.1, 0.15) is 13.8 Å². The van der Waals surface area contributed by atoms with E-state index in [0.29, 0.717) is 5.02 Å². The minimum atomic E-state index is 0.693. The van der Waals surface area contributed by atoms with Crippen LogP contribution in [0.25, 0.3) is 22.2 Å². The van der Waals surface area contributed by atoms with Crippen LogP contribution in [-0.2, 0) is 0 Å². The third-order valence-electron chi connectivity index (χ3n) is 3.82. The highest BCUT2D eigenvalue weighted by atomic mass is 79.9. The molecule has 0 aliphatic rings. The van der Waals surface area contributed by atoms with Gasteiger partial charge in [0.15, 0.2) is 0 Å². The molecule has 0 aliphatic carbocycles. The predicted octanol–water partition coefficient (Wildman–Crippen LogP) is 5.56. The van der Waals surface area contributed by atoms with Gasteiger partial charge in [0.2, 0.25) is 5.95 Å². The summed E-state index contributed by atoms with van der Waals surface area (Å²) in [4.78, 5) is 11.7. The van der Waals surface area contributed by atoms with E-state index in [1.165, 1.54) is 0 Å². The second-order valence-electron chi connectivity index (χ2n) is 5.19. The standard InChI is InChI=1S/C18H17BrClN3/c1-3-23(4-2)18-21-16-10-9-12(19)11-14(16)17(22-18)13-7-5-6-8-15(13)20/h5-11H,3-4H2,1-2H3. The van der Waals surface area contributed by atoms with Crippen LogP contribution in [0.3, 0.4) is 0 Å². The van der Waals surface area contributed by atoms with E-state index < -0.39 is 0 Å². The van der Waals surface area contributed by atoms with Crippen LogP contribution in [-0.4, -0.2) is 23.1 Å². The first-order valence-corrected chi connectivity index (χ1v) is 8.78. The van der Waals surface area contributed by atoms with Gasteiger partial charge in [-0.1, -0.05) is 45.7 Å². The SMILES string of the molecule is CCN(CC)c1nc(-c2ccccc2Cl)c2cc(Br)ccc2n1. The number of nitrogens with zero attached hydrogens (tertiary/aromatic N) is 3. The number of anilines is 1. The van der Waals surface area contributed by atoms with Gasteiger partial charge in [0.1, 0.15) is 0 Å². The summed E-state index contributed by atoms with van der Waals surface area (Å²) < 4.78 is 0.998. The Morgan fingerprint density at radius 2 is 1.78 bits per heavy atom. The van der Waals surface area contributed by atoms with E-state index in [4.69, 9.17) is 21.6 Å². The van der Waals surface area contributed by atoms with Gasteiger partial charge in [-0.05, 0) is 38.1 Å². The van der Waals surface area contributed by atoms with E-state index in [1.54, 1.807) is 0 Å². The van der Waals surface area contributed by atoms with Gasteiger partial charge in [-0.3, -0.25) is 0 Å². The predicted molar refractivity (Wildman–Crippen MR) is 101 cm³/mol. The number of fused-ring (bicyclic) bond motifs is 1. The molecule has 0 saturated carbocycles. The molecule has 118 valence electrons. The molecule has 0 bridgehead atoms. The van der Waals surface area contributed by atoms with Crippen LogP contribution >= 0.6 is 27.5 Å². The van der Waals surface area contributed by atoms with Crippen LogP contribution < -0.4 is 4.90 Å². The highest BCUT2D eigenvalue weighted by Gasteiger charge is 2.15. The van der Waals surface area contributed by atoms with Crippen molar-refractivity contribution in [3.63, 3.8) is 0 Å². The monoisotopic (exact) mass is 389 g/mol. The Morgan fingerprint density at radius 3 is 2.48 bits per heavy atom. The van der Waals surface area contributed by atoms with E-state index in [-0.39, 0.29) is 0 Å². The van der Waals surface area contributed by atoms with E-state index in [9.17, 15) is 0 Å². The molecule has 0 atom stereocenters. The molecule has 1 heterocycles. The molecular formula is C18H17BrClN3. The third-order valence-corrected chi connectivity index (χ3v) is 4.64. The Bertz CT molecular complexity index is 847. The summed E-state index contributed by atoms with van der Waals surface area (Å²) in [6, 6.07) is 13.8. The van der Waals surface area contributed by atoms with Gasteiger partial charge >= 0.3 is 0 Å². The van der Waals surface area contributed by atoms with Crippen molar-refractivity contribution in [1.82, 2.24) is 9.97 Å². The lowest BCUT2D eigenvalue weighted by atomic mass is 10.1. The maximum absolute atomic E-state index is 6.41. The van der Waals surface area contributed by atoms with Crippen molar-refractivity contribution in [2.45, 2.75) is 13.8 Å². The van der Waals surface area contributed by atoms with E-state index >= 15 is 0 Å². The summed E-state index contributed by atoms with van der Waals surface area (Å²) in [5.74, 6) is 0.736. The maximum Gasteiger partial charge on any atom is 0.226 e. The summed E-state index contributed by atoms with van der Waals surface area (Å²) in [5, 5.41) is 1.68. The van der Waals surface area contributed by atoms with Crippen molar-refractivity contribution >= 4 is 44.4 Å². The second-order valence-corrected chi connectivity index (χ2v) is 6.51. The molecule has 3 nitrogen and oxygen atoms in total. The number of rotatable bonds is 4. The zero-order valence-corrected chi connectivity index (χ0v) is 15.4. The average molecular weight is 391 g/mol. The van der Waals surface area contributed by atoms with Gasteiger partial charge in [0, 0.05) is 33.5 Å². The zero-order chi connectivity index (χ0) is 16.4. The molecule has 0 fully saturated rings. The summed E-state index contributed by atoms with van der Waals surface area (Å²) in [5.41, 5.74) is 2.71. The minimum Gasteiger partial charge on any atom is -0.341 e. The van der Waals surface area contributed by atoms with E-state index in [2.05, 4.69) is 34.7 Å². The zero-order valence-electron chi connectivity index (χ0n) is 13.1. The van der Waals surface area contributed by atoms with Crippen LogP contribution in [0.15, 0.2) is 46.9 Å². The third kappa shape index (κ3) is 3.19. The lowest BCUT2D eigenvalue weighted by Gasteiger charge is -2.20. The highest BCUT2D eigenvalue weighted by molar-refractivity contribution is 9.10. The van der Waals surface area contributed by atoms with Crippen molar-refractivity contribution in [2.75, 3.05) is 18.0 Å². The molecule has 0 N–H and O–H groups in total. The Balaban J connectivity index is 2.33. The molecule has 23 heavy (non-hydrogen) atoms. The lowest BCUT2D eigenvalue weighted by Crippen LogP contribution is -2.24. The topological polar surface area (TPSA) is 29.0 Å². The Kier molecular flexibility index (Phi) is 4.83. The normalized spacial score (nSPS) is 11.0. The Labute approximate surface area is 149 Å². The number of hydrogen-bond donors (Lipinski definition) is 0. The molecule has 0 saturated heterocycles. The first-order valence-electron chi connectivity index (χ1n) is 7.61. The van der Waals surface area contributed by atoms with E-state index in [0.717, 1.165) is 45.7 Å². The van der Waals surface area contributed by atoms with Crippen molar-refractivity contribution in [2.24, 2.45) is 0 Å². The largest absolute Gasteiger partial charge is 0.341 e. The molecule has 0 amide bonds. The fourth-order valence-corrected chi connectivity index (χ4v) is 3.18. The summed E-state index contributed by atoms with van der Waals surface area (Å²) in [7, 11) is 0. The summed E-state index contributed by atoms with van der Waals surface area (Å²) in [6.45, 7) is 5.93. The molecule has 3 rings (SSSR count). The van der Waals surface area contributed by atoms with Crippen molar-refractivity contribution in [1.29, 1.82) is 0 Å². The second kappa shape index (κ2) is 6.85. The molecule has 3 aromatic rings. The lowest BCUT2D eigenvalue weighted by molar-refractivity contribution is 0.827. The van der Waals surface area contributed by atoms with Gasteiger partial charge in [-0.25, -0.2) is 9.97 Å². The summed E-state index contributed by atoms with van der Waals surface area (Å²) >= 11 is 9.95. The Morgan fingerprint density at radius 1 is 1.04 bits per heavy atom. The quantitative estimate of drug-likeness (QED) is 0.584. The fourth-order valence-electron chi connectivity index (χ4n) is 2.59. The number of aromatic nitrogens is 2. The first kappa shape index (κ1) is 16.2. The number of hydrogen-bond acceptors (Lipinski definition) is 3. The number of benzene rings is 2. The van der Waals surface area contributed by atoms with Crippen LogP contribution in [0.4, 0.5) is 5.95 Å². The van der Waals surface area contributed by atoms with Gasteiger partial charge in [0.25, 0.3) is 0 Å². The van der Waals surface area contributed by atoms with Gasteiger partial charge in [-0.15, -0.1) is 0 Å². The molecule has 0 radical (unpaired) electrons. The molecular weight excluding hydrogens is 374 g/mol. The van der Waals surface area contributed by atoms with Gasteiger partial charge < -0.3 is 4.90 Å². The molecule has 0 aliphatic heterocycles. The summed E-state index contributed by atoms with van der Waals surface area (Å²) in [6.07, 6.45) is 0. The van der Waals surface area contributed by atoms with Gasteiger partial charge in [-0.2, -0.15) is 0 Å². The molecule has 0 spiro atoms. The van der Waals surface area contributed by atoms with Crippen LogP contribution in [0.5, 0.6) is 0 Å². The van der Waals surface area contributed by atoms with Crippen molar-refractivity contribution < 1.29 is 0 Å². The van der Waals surface area contributed by atoms with Crippen molar-refractivity contribution in [3.05, 3.63) is 52.0 Å². The first-order chi connectivity index (χ1) is 11.1. The maximum atomic E-state index is 6.41. The molecule has 5 heteroatoms. The van der Waals surface area contributed by atoms with Crippen LogP contribution in [0, 0.1) is 0 Å². The van der Waals surface area contributed by atoms with Crippen molar-refractivity contribution in [3.8, 4) is 11.3 Å². The highest BCUT2D eigenvalue weighted by Crippen LogP contribution is 2.34.